The third-order valence-corrected chi connectivity index (χ3v) is 6.18. The van der Waals surface area contributed by atoms with Gasteiger partial charge in [-0.1, -0.05) is 12.1 Å². The Kier molecular flexibility index (Phi) is 5.13. The first kappa shape index (κ1) is 18.0. The highest BCUT2D eigenvalue weighted by atomic mass is 16.5. The summed E-state index contributed by atoms with van der Waals surface area (Å²) in [5.41, 5.74) is 0.822. The van der Waals surface area contributed by atoms with E-state index >= 15 is 0 Å². The number of benzene rings is 1. The molecule has 0 spiro atoms. The minimum Gasteiger partial charge on any atom is -0.374 e. The lowest BCUT2D eigenvalue weighted by Gasteiger charge is -2.46. The van der Waals surface area contributed by atoms with Crippen molar-refractivity contribution >= 4 is 11.8 Å². The summed E-state index contributed by atoms with van der Waals surface area (Å²) < 4.78 is 5.91. The first-order valence-corrected chi connectivity index (χ1v) is 9.89. The molecule has 3 fully saturated rings. The van der Waals surface area contributed by atoms with Crippen molar-refractivity contribution < 1.29 is 14.3 Å². The van der Waals surface area contributed by atoms with Gasteiger partial charge in [-0.25, -0.2) is 0 Å². The molecule has 2 aliphatic carbocycles. The first-order chi connectivity index (χ1) is 13.2. The lowest BCUT2D eigenvalue weighted by molar-refractivity contribution is -0.132. The van der Waals surface area contributed by atoms with Crippen LogP contribution in [0.5, 0.6) is 0 Å². The van der Waals surface area contributed by atoms with E-state index in [2.05, 4.69) is 11.4 Å². The van der Waals surface area contributed by atoms with Crippen LogP contribution < -0.4 is 5.32 Å². The van der Waals surface area contributed by atoms with Crippen LogP contribution in [0.15, 0.2) is 24.3 Å². The van der Waals surface area contributed by atoms with Gasteiger partial charge in [-0.2, -0.15) is 5.26 Å². The molecule has 0 unspecified atom stereocenters. The van der Waals surface area contributed by atoms with Crippen molar-refractivity contribution in [3.05, 3.63) is 35.4 Å². The van der Waals surface area contributed by atoms with Crippen LogP contribution in [0.25, 0.3) is 0 Å². The number of hydrogen-bond acceptors (Lipinski definition) is 4. The molecule has 2 saturated carbocycles. The van der Waals surface area contributed by atoms with Crippen LogP contribution in [0.2, 0.25) is 0 Å². The summed E-state index contributed by atoms with van der Waals surface area (Å²) in [6.07, 6.45) is 5.53. The SMILES string of the molecule is N#Cc1ccccc1C(=O)N1CCO[C@@H]2CC[C@H](C(=O)NC3CCC3)C[C@H]21. The second-order valence-corrected chi connectivity index (χ2v) is 7.78. The van der Waals surface area contributed by atoms with E-state index in [9.17, 15) is 14.9 Å². The van der Waals surface area contributed by atoms with E-state index in [1.807, 2.05) is 4.90 Å². The molecule has 6 heteroatoms. The smallest absolute Gasteiger partial charge is 0.255 e. The third kappa shape index (κ3) is 3.57. The number of rotatable bonds is 3. The van der Waals surface area contributed by atoms with Gasteiger partial charge in [-0.15, -0.1) is 0 Å². The number of morpholine rings is 1. The summed E-state index contributed by atoms with van der Waals surface area (Å²) in [4.78, 5) is 27.6. The van der Waals surface area contributed by atoms with Crippen molar-refractivity contribution in [2.75, 3.05) is 13.2 Å². The lowest BCUT2D eigenvalue weighted by atomic mass is 9.80. The highest BCUT2D eigenvalue weighted by Gasteiger charge is 2.42. The van der Waals surface area contributed by atoms with Crippen LogP contribution in [0, 0.1) is 17.2 Å². The molecule has 4 rings (SSSR count). The Morgan fingerprint density at radius 3 is 2.74 bits per heavy atom. The molecule has 27 heavy (non-hydrogen) atoms. The Bertz CT molecular complexity index is 768. The fraction of sp³-hybridized carbons (Fsp3) is 0.571. The predicted octanol–water partition coefficient (Wildman–Crippen LogP) is 2.24. The molecule has 3 atom stereocenters. The standard InChI is InChI=1S/C21H25N3O3/c22-13-15-4-1-2-7-17(15)21(26)24-10-11-27-19-9-8-14(12-18(19)24)20(25)23-16-5-3-6-16/h1-2,4,7,14,16,18-19H,3,5-6,8-12H2,(H,23,25)/t14-,18+,19+/m0/s1. The fourth-order valence-corrected chi connectivity index (χ4v) is 4.39. The van der Waals surface area contributed by atoms with E-state index in [-0.39, 0.29) is 29.9 Å². The average molecular weight is 367 g/mol. The molecular formula is C21H25N3O3. The van der Waals surface area contributed by atoms with Crippen molar-refractivity contribution in [3.63, 3.8) is 0 Å². The molecule has 2 amide bonds. The largest absolute Gasteiger partial charge is 0.374 e. The van der Waals surface area contributed by atoms with Crippen LogP contribution in [-0.4, -0.2) is 48.1 Å². The van der Waals surface area contributed by atoms with Crippen LogP contribution in [0.3, 0.4) is 0 Å². The van der Waals surface area contributed by atoms with Gasteiger partial charge >= 0.3 is 0 Å². The average Bonchev–Trinajstić information content (AvgIpc) is 2.69. The minimum atomic E-state index is -0.134. The maximum atomic E-state index is 13.2. The van der Waals surface area contributed by atoms with Crippen molar-refractivity contribution in [1.82, 2.24) is 10.2 Å². The summed E-state index contributed by atoms with van der Waals surface area (Å²) in [6, 6.07) is 9.24. The van der Waals surface area contributed by atoms with Gasteiger partial charge in [-0.05, 0) is 50.7 Å². The van der Waals surface area contributed by atoms with Crippen LogP contribution in [-0.2, 0) is 9.53 Å². The number of carbonyl (C=O) groups is 2. The molecule has 1 aliphatic heterocycles. The Balaban J connectivity index is 1.50. The Morgan fingerprint density at radius 1 is 1.19 bits per heavy atom. The fourth-order valence-electron chi connectivity index (χ4n) is 4.39. The summed E-state index contributed by atoms with van der Waals surface area (Å²) in [6.45, 7) is 0.997. The molecule has 1 aromatic rings. The minimum absolute atomic E-state index is 0.0234. The molecule has 0 aromatic heterocycles. The number of nitrogens with zero attached hydrogens (tertiary/aromatic N) is 2. The second kappa shape index (κ2) is 7.69. The van der Waals surface area contributed by atoms with Crippen molar-refractivity contribution in [1.29, 1.82) is 5.26 Å². The van der Waals surface area contributed by atoms with E-state index < -0.39 is 0 Å². The van der Waals surface area contributed by atoms with Gasteiger partial charge in [0, 0.05) is 18.5 Å². The van der Waals surface area contributed by atoms with Gasteiger partial charge in [0.15, 0.2) is 0 Å². The van der Waals surface area contributed by atoms with Gasteiger partial charge < -0.3 is 15.0 Å². The molecule has 142 valence electrons. The molecule has 1 heterocycles. The van der Waals surface area contributed by atoms with Gasteiger partial charge in [-0.3, -0.25) is 9.59 Å². The zero-order valence-corrected chi connectivity index (χ0v) is 15.4. The highest BCUT2D eigenvalue weighted by Crippen LogP contribution is 2.34. The Labute approximate surface area is 159 Å². The maximum Gasteiger partial charge on any atom is 0.255 e. The number of nitriles is 1. The Hall–Kier alpha value is -2.39. The number of carbonyl (C=O) groups excluding carboxylic acids is 2. The molecule has 1 saturated heterocycles. The van der Waals surface area contributed by atoms with E-state index in [1.54, 1.807) is 24.3 Å². The van der Waals surface area contributed by atoms with Crippen LogP contribution >= 0.6 is 0 Å². The topological polar surface area (TPSA) is 82.4 Å². The van der Waals surface area contributed by atoms with Crippen molar-refractivity contribution in [3.8, 4) is 6.07 Å². The number of fused-ring (bicyclic) bond motifs is 1. The van der Waals surface area contributed by atoms with Gasteiger partial charge in [0.2, 0.25) is 5.91 Å². The molecule has 1 N–H and O–H groups in total. The van der Waals surface area contributed by atoms with E-state index in [0.717, 1.165) is 25.7 Å². The first-order valence-electron chi connectivity index (χ1n) is 9.89. The zero-order valence-electron chi connectivity index (χ0n) is 15.4. The number of hydrogen-bond donors (Lipinski definition) is 1. The molecule has 6 nitrogen and oxygen atoms in total. The monoisotopic (exact) mass is 367 g/mol. The van der Waals surface area contributed by atoms with Crippen LogP contribution in [0.4, 0.5) is 0 Å². The molecular weight excluding hydrogens is 342 g/mol. The summed E-state index contributed by atoms with van der Waals surface area (Å²) in [7, 11) is 0. The molecule has 0 radical (unpaired) electrons. The summed E-state index contributed by atoms with van der Waals surface area (Å²) in [5, 5.41) is 12.5. The van der Waals surface area contributed by atoms with Gasteiger partial charge in [0.05, 0.1) is 35.9 Å². The lowest BCUT2D eigenvalue weighted by Crippen LogP contribution is -2.57. The van der Waals surface area contributed by atoms with E-state index in [4.69, 9.17) is 4.74 Å². The molecule has 0 bridgehead atoms. The molecule has 1 aromatic carbocycles. The van der Waals surface area contributed by atoms with Crippen LogP contribution in [0.1, 0.15) is 54.4 Å². The van der Waals surface area contributed by atoms with E-state index in [1.165, 1.54) is 6.42 Å². The number of amides is 2. The quantitative estimate of drug-likeness (QED) is 0.888. The van der Waals surface area contributed by atoms with Crippen molar-refractivity contribution in [2.45, 2.75) is 56.7 Å². The normalized spacial score (nSPS) is 27.8. The van der Waals surface area contributed by atoms with E-state index in [0.29, 0.717) is 36.7 Å². The zero-order chi connectivity index (χ0) is 18.8. The number of nitrogens with one attached hydrogen (secondary N) is 1. The predicted molar refractivity (Wildman–Crippen MR) is 98.8 cm³/mol. The second-order valence-electron chi connectivity index (χ2n) is 7.78. The Morgan fingerprint density at radius 2 is 2.00 bits per heavy atom. The summed E-state index contributed by atoms with van der Waals surface area (Å²) >= 11 is 0. The third-order valence-electron chi connectivity index (χ3n) is 6.18. The van der Waals surface area contributed by atoms with Gasteiger partial charge in [0.1, 0.15) is 0 Å². The van der Waals surface area contributed by atoms with Crippen molar-refractivity contribution in [2.24, 2.45) is 5.92 Å². The molecule has 3 aliphatic rings. The van der Waals surface area contributed by atoms with Gasteiger partial charge in [0.25, 0.3) is 5.91 Å². The highest BCUT2D eigenvalue weighted by molar-refractivity contribution is 5.97. The number of ether oxygens (including phenoxy) is 1. The maximum absolute atomic E-state index is 13.2. The summed E-state index contributed by atoms with van der Waals surface area (Å²) in [5.74, 6) is -0.0888.